The zero-order chi connectivity index (χ0) is 17.9. The van der Waals surface area contributed by atoms with E-state index in [2.05, 4.69) is 39.1 Å². The number of nitrogens with one attached hydrogen (secondary N) is 1. The molecule has 1 aromatic carbocycles. The molecule has 1 amide bonds. The maximum atomic E-state index is 12.7. The number of aromatic amines is 1. The minimum atomic E-state index is -0.321. The van der Waals surface area contributed by atoms with E-state index in [0.29, 0.717) is 13.0 Å². The van der Waals surface area contributed by atoms with E-state index in [4.69, 9.17) is 0 Å². The monoisotopic (exact) mass is 352 g/mol. The molecule has 26 heavy (non-hydrogen) atoms. The highest BCUT2D eigenvalue weighted by atomic mass is 16.2. The van der Waals surface area contributed by atoms with E-state index in [1.165, 1.54) is 11.3 Å². The summed E-state index contributed by atoms with van der Waals surface area (Å²) < 4.78 is 0. The first kappa shape index (κ1) is 16.8. The fourth-order valence-corrected chi connectivity index (χ4v) is 4.11. The third-order valence-electron chi connectivity index (χ3n) is 5.49. The van der Waals surface area contributed by atoms with E-state index in [1.807, 2.05) is 11.0 Å². The molecule has 136 valence electrons. The molecule has 2 aliphatic rings. The van der Waals surface area contributed by atoms with Gasteiger partial charge >= 0.3 is 5.69 Å². The number of carbonyl (C=O) groups excluding carboxylic acids is 1. The SMILES string of the molecule is O=C(CCN1CCc2ccccc21)N1CCCC(c2ccnc(=O)[nH]2)C1. The first-order valence-corrected chi connectivity index (χ1v) is 9.36. The van der Waals surface area contributed by atoms with Crippen molar-refractivity contribution < 1.29 is 4.79 Å². The molecule has 1 N–H and O–H groups in total. The van der Waals surface area contributed by atoms with Gasteiger partial charge in [-0.15, -0.1) is 0 Å². The molecule has 1 atom stereocenters. The number of benzene rings is 1. The topological polar surface area (TPSA) is 69.3 Å². The summed E-state index contributed by atoms with van der Waals surface area (Å²) in [5, 5.41) is 0. The molecule has 1 saturated heterocycles. The van der Waals surface area contributed by atoms with Crippen molar-refractivity contribution in [1.29, 1.82) is 0 Å². The predicted molar refractivity (Wildman–Crippen MR) is 100 cm³/mol. The molecule has 0 aliphatic carbocycles. The van der Waals surface area contributed by atoms with Gasteiger partial charge in [-0.1, -0.05) is 18.2 Å². The normalized spacial score (nSPS) is 19.5. The summed E-state index contributed by atoms with van der Waals surface area (Å²) in [5.41, 5.74) is 3.21. The second-order valence-electron chi connectivity index (χ2n) is 7.12. The Kier molecular flexibility index (Phi) is 4.73. The summed E-state index contributed by atoms with van der Waals surface area (Å²) in [5.74, 6) is 0.395. The van der Waals surface area contributed by atoms with Gasteiger partial charge in [0, 0.05) is 56.1 Å². The van der Waals surface area contributed by atoms with Gasteiger partial charge in [0.1, 0.15) is 0 Å². The van der Waals surface area contributed by atoms with Crippen LogP contribution in [0.1, 0.15) is 36.4 Å². The van der Waals surface area contributed by atoms with Gasteiger partial charge in [-0.3, -0.25) is 4.79 Å². The van der Waals surface area contributed by atoms with Crippen LogP contribution in [0.3, 0.4) is 0 Å². The smallest absolute Gasteiger partial charge is 0.345 e. The number of hydrogen-bond donors (Lipinski definition) is 1. The maximum Gasteiger partial charge on any atom is 0.345 e. The van der Waals surface area contributed by atoms with Crippen LogP contribution in [0.2, 0.25) is 0 Å². The number of para-hydroxylation sites is 1. The van der Waals surface area contributed by atoms with Crippen LogP contribution in [0, 0.1) is 0 Å². The number of likely N-dealkylation sites (tertiary alicyclic amines) is 1. The Morgan fingerprint density at radius 2 is 2.12 bits per heavy atom. The lowest BCUT2D eigenvalue weighted by Crippen LogP contribution is -2.41. The van der Waals surface area contributed by atoms with Crippen molar-refractivity contribution in [2.75, 3.05) is 31.1 Å². The number of piperidine rings is 1. The van der Waals surface area contributed by atoms with Crippen molar-refractivity contribution in [2.45, 2.75) is 31.6 Å². The van der Waals surface area contributed by atoms with Crippen LogP contribution in [0.15, 0.2) is 41.3 Å². The number of H-pyrrole nitrogens is 1. The van der Waals surface area contributed by atoms with Gasteiger partial charge in [-0.2, -0.15) is 0 Å². The fourth-order valence-electron chi connectivity index (χ4n) is 4.11. The molecule has 2 aromatic rings. The summed E-state index contributed by atoms with van der Waals surface area (Å²) in [6.45, 7) is 3.24. The zero-order valence-corrected chi connectivity index (χ0v) is 14.9. The fraction of sp³-hybridized carbons (Fsp3) is 0.450. The van der Waals surface area contributed by atoms with Crippen LogP contribution < -0.4 is 10.6 Å². The molecule has 3 heterocycles. The summed E-state index contributed by atoms with van der Waals surface area (Å²) in [6.07, 6.45) is 5.09. The van der Waals surface area contributed by atoms with Crippen LogP contribution in [-0.4, -0.2) is 47.0 Å². The molecule has 0 saturated carbocycles. The molecule has 4 rings (SSSR count). The van der Waals surface area contributed by atoms with Crippen molar-refractivity contribution in [3.8, 4) is 0 Å². The number of nitrogens with zero attached hydrogens (tertiary/aromatic N) is 3. The van der Waals surface area contributed by atoms with E-state index < -0.39 is 0 Å². The van der Waals surface area contributed by atoms with Crippen molar-refractivity contribution in [1.82, 2.24) is 14.9 Å². The van der Waals surface area contributed by atoms with Gasteiger partial charge in [0.2, 0.25) is 5.91 Å². The van der Waals surface area contributed by atoms with Gasteiger partial charge in [0.05, 0.1) is 0 Å². The summed E-state index contributed by atoms with van der Waals surface area (Å²) >= 11 is 0. The molecular weight excluding hydrogens is 328 g/mol. The van der Waals surface area contributed by atoms with E-state index in [-0.39, 0.29) is 17.5 Å². The second kappa shape index (κ2) is 7.32. The summed E-state index contributed by atoms with van der Waals surface area (Å²) in [7, 11) is 0. The van der Waals surface area contributed by atoms with Crippen LogP contribution in [0.4, 0.5) is 5.69 Å². The van der Waals surface area contributed by atoms with Crippen LogP contribution in [0.25, 0.3) is 0 Å². The summed E-state index contributed by atoms with van der Waals surface area (Å²) in [4.78, 5) is 34.9. The quantitative estimate of drug-likeness (QED) is 0.913. The van der Waals surface area contributed by atoms with Gasteiger partial charge < -0.3 is 14.8 Å². The van der Waals surface area contributed by atoms with Gasteiger partial charge in [-0.25, -0.2) is 9.78 Å². The lowest BCUT2D eigenvalue weighted by Gasteiger charge is -2.33. The van der Waals surface area contributed by atoms with Crippen molar-refractivity contribution in [3.05, 3.63) is 58.3 Å². The zero-order valence-electron chi connectivity index (χ0n) is 14.9. The minimum Gasteiger partial charge on any atom is -0.370 e. The number of carbonyl (C=O) groups is 1. The van der Waals surface area contributed by atoms with Crippen LogP contribution >= 0.6 is 0 Å². The Balaban J connectivity index is 1.35. The second-order valence-corrected chi connectivity index (χ2v) is 7.12. The Labute approximate surface area is 152 Å². The maximum absolute atomic E-state index is 12.7. The van der Waals surface area contributed by atoms with Crippen LogP contribution in [0.5, 0.6) is 0 Å². The Morgan fingerprint density at radius 1 is 1.23 bits per heavy atom. The van der Waals surface area contributed by atoms with Crippen molar-refractivity contribution in [3.63, 3.8) is 0 Å². The van der Waals surface area contributed by atoms with E-state index in [9.17, 15) is 9.59 Å². The molecule has 0 radical (unpaired) electrons. The van der Waals surface area contributed by atoms with Crippen LogP contribution in [-0.2, 0) is 11.2 Å². The van der Waals surface area contributed by atoms with Crippen molar-refractivity contribution >= 4 is 11.6 Å². The molecule has 1 aromatic heterocycles. The highest BCUT2D eigenvalue weighted by Gasteiger charge is 2.26. The van der Waals surface area contributed by atoms with Gasteiger partial charge in [-0.05, 0) is 37.0 Å². The van der Waals surface area contributed by atoms with E-state index >= 15 is 0 Å². The lowest BCUT2D eigenvalue weighted by atomic mass is 9.94. The van der Waals surface area contributed by atoms with Crippen molar-refractivity contribution in [2.24, 2.45) is 0 Å². The molecule has 1 fully saturated rings. The Bertz CT molecular complexity index is 847. The summed E-state index contributed by atoms with van der Waals surface area (Å²) in [6, 6.07) is 10.3. The molecule has 2 aliphatic heterocycles. The van der Waals surface area contributed by atoms with Gasteiger partial charge in [0.25, 0.3) is 0 Å². The molecule has 6 heteroatoms. The van der Waals surface area contributed by atoms with Gasteiger partial charge in [0.15, 0.2) is 0 Å². The molecule has 6 nitrogen and oxygen atoms in total. The Morgan fingerprint density at radius 3 is 3.00 bits per heavy atom. The Hall–Kier alpha value is -2.63. The average molecular weight is 352 g/mol. The number of anilines is 1. The number of fused-ring (bicyclic) bond motifs is 1. The number of hydrogen-bond acceptors (Lipinski definition) is 4. The standard InChI is InChI=1S/C20H24N4O2/c25-19(9-13-23-12-8-15-4-1-2-6-18(15)23)24-11-3-5-16(14-24)17-7-10-21-20(26)22-17/h1-2,4,6-7,10,16H,3,5,8-9,11-14H2,(H,21,22,26). The molecule has 0 spiro atoms. The molecule has 1 unspecified atom stereocenters. The first-order valence-electron chi connectivity index (χ1n) is 9.36. The molecule has 0 bridgehead atoms. The number of aromatic nitrogens is 2. The third kappa shape index (κ3) is 3.49. The first-order chi connectivity index (χ1) is 12.7. The number of rotatable bonds is 4. The highest BCUT2D eigenvalue weighted by Crippen LogP contribution is 2.28. The van der Waals surface area contributed by atoms with E-state index in [1.54, 1.807) is 6.20 Å². The lowest BCUT2D eigenvalue weighted by molar-refractivity contribution is -0.132. The molecular formula is C20H24N4O2. The third-order valence-corrected chi connectivity index (χ3v) is 5.49. The minimum absolute atomic E-state index is 0.191. The number of amides is 1. The average Bonchev–Trinajstić information content (AvgIpc) is 3.09. The predicted octanol–water partition coefficient (Wildman–Crippen LogP) is 1.93. The largest absolute Gasteiger partial charge is 0.370 e. The highest BCUT2D eigenvalue weighted by molar-refractivity contribution is 5.77. The van der Waals surface area contributed by atoms with E-state index in [0.717, 1.165) is 44.6 Å².